The Morgan fingerprint density at radius 3 is 2.62 bits per heavy atom. The van der Waals surface area contributed by atoms with Gasteiger partial charge in [0, 0.05) is 10.0 Å². The van der Waals surface area contributed by atoms with Crippen LogP contribution in [0.25, 0.3) is 21.2 Å². The Kier molecular flexibility index (Phi) is 6.75. The normalized spacial score (nSPS) is 11.3. The second-order valence-corrected chi connectivity index (χ2v) is 10.4. The van der Waals surface area contributed by atoms with E-state index in [0.717, 1.165) is 14.7 Å². The number of thiazole rings is 1. The molecule has 0 bridgehead atoms. The Hall–Kier alpha value is -4.60. The fraction of sp³-hybridized carbons (Fsp3) is 0. The third kappa shape index (κ3) is 5.22. The van der Waals surface area contributed by atoms with Crippen LogP contribution in [0.2, 0.25) is 0 Å². The highest BCUT2D eigenvalue weighted by atomic mass is 79.9. The number of benzene rings is 4. The smallest absolute Gasteiger partial charge is 0.280 e. The van der Waals surface area contributed by atoms with Crippen molar-refractivity contribution in [3.63, 3.8) is 0 Å². The van der Waals surface area contributed by atoms with E-state index in [2.05, 4.69) is 26.0 Å². The number of anilines is 1. The monoisotopic (exact) mass is 595 g/mol. The van der Waals surface area contributed by atoms with Gasteiger partial charge in [-0.2, -0.15) is 10.1 Å². The molecule has 9 heteroatoms. The summed E-state index contributed by atoms with van der Waals surface area (Å²) < 4.78 is 13.3. The number of amides is 1. The molecule has 0 radical (unpaired) electrons. The van der Waals surface area contributed by atoms with Gasteiger partial charge in [0.15, 0.2) is 0 Å². The SMILES string of the molecule is O=C(c1cccc(Oc2ccccc2)c1)N(/N=C/c1coc2ccccc2c1=O)c1nc2ccc(Br)cc2s1. The highest BCUT2D eigenvalue weighted by Crippen LogP contribution is 2.32. The van der Waals surface area contributed by atoms with E-state index in [4.69, 9.17) is 9.15 Å². The first-order valence-electron chi connectivity index (χ1n) is 11.8. The summed E-state index contributed by atoms with van der Waals surface area (Å²) in [5, 5.41) is 6.40. The topological polar surface area (TPSA) is 85.0 Å². The predicted molar refractivity (Wildman–Crippen MR) is 157 cm³/mol. The van der Waals surface area contributed by atoms with Gasteiger partial charge in [-0.25, -0.2) is 4.98 Å². The third-order valence-corrected chi connectivity index (χ3v) is 7.28. The minimum atomic E-state index is -0.437. The van der Waals surface area contributed by atoms with Crippen molar-refractivity contribution in [2.75, 3.05) is 5.01 Å². The summed E-state index contributed by atoms with van der Waals surface area (Å²) in [6, 6.07) is 28.8. The van der Waals surface area contributed by atoms with Gasteiger partial charge in [-0.1, -0.05) is 63.7 Å². The molecule has 0 unspecified atom stereocenters. The molecule has 6 aromatic rings. The molecule has 0 saturated heterocycles. The number of ether oxygens (including phenoxy) is 1. The number of halogens is 1. The second-order valence-electron chi connectivity index (χ2n) is 8.43. The van der Waals surface area contributed by atoms with E-state index >= 15 is 0 Å². The second kappa shape index (κ2) is 10.6. The van der Waals surface area contributed by atoms with Gasteiger partial charge in [0.25, 0.3) is 5.91 Å². The van der Waals surface area contributed by atoms with Crippen LogP contribution >= 0.6 is 27.3 Å². The maximum Gasteiger partial charge on any atom is 0.280 e. The van der Waals surface area contributed by atoms with Crippen molar-refractivity contribution >= 4 is 65.7 Å². The molecule has 0 spiro atoms. The van der Waals surface area contributed by atoms with E-state index in [1.54, 1.807) is 48.5 Å². The van der Waals surface area contributed by atoms with Crippen molar-refractivity contribution < 1.29 is 13.9 Å². The van der Waals surface area contributed by atoms with E-state index in [-0.39, 0.29) is 11.0 Å². The maximum atomic E-state index is 13.8. The van der Waals surface area contributed by atoms with Crippen molar-refractivity contribution in [3.8, 4) is 11.5 Å². The van der Waals surface area contributed by atoms with Crippen molar-refractivity contribution in [1.82, 2.24) is 4.98 Å². The first-order chi connectivity index (χ1) is 19.0. The van der Waals surface area contributed by atoms with Crippen molar-refractivity contribution in [1.29, 1.82) is 0 Å². The van der Waals surface area contributed by atoms with Gasteiger partial charge < -0.3 is 9.15 Å². The van der Waals surface area contributed by atoms with Crippen molar-refractivity contribution in [2.24, 2.45) is 5.10 Å². The van der Waals surface area contributed by atoms with Gasteiger partial charge in [-0.3, -0.25) is 9.59 Å². The minimum absolute atomic E-state index is 0.205. The van der Waals surface area contributed by atoms with Crippen LogP contribution in [0.1, 0.15) is 15.9 Å². The quantitative estimate of drug-likeness (QED) is 0.146. The molecule has 7 nitrogen and oxygen atoms in total. The third-order valence-electron chi connectivity index (χ3n) is 5.79. The maximum absolute atomic E-state index is 13.8. The van der Waals surface area contributed by atoms with E-state index in [0.29, 0.717) is 33.2 Å². The number of hydrazone groups is 1. The molecule has 2 aromatic heterocycles. The first-order valence-corrected chi connectivity index (χ1v) is 13.4. The average Bonchev–Trinajstić information content (AvgIpc) is 3.38. The molecule has 6 rings (SSSR count). The Bertz CT molecular complexity index is 1920. The molecule has 0 aliphatic rings. The van der Waals surface area contributed by atoms with E-state index < -0.39 is 5.91 Å². The van der Waals surface area contributed by atoms with Gasteiger partial charge in [-0.15, -0.1) is 0 Å². The summed E-state index contributed by atoms with van der Waals surface area (Å²) in [7, 11) is 0. The number of aromatic nitrogens is 1. The Morgan fingerprint density at radius 1 is 0.949 bits per heavy atom. The van der Waals surface area contributed by atoms with Crippen LogP contribution in [0.5, 0.6) is 11.5 Å². The summed E-state index contributed by atoms with van der Waals surface area (Å²) >= 11 is 4.79. The summed E-state index contributed by atoms with van der Waals surface area (Å²) in [4.78, 5) is 31.5. The first kappa shape index (κ1) is 24.7. The van der Waals surface area contributed by atoms with Gasteiger partial charge in [-0.05, 0) is 60.7 Å². The van der Waals surface area contributed by atoms with Crippen molar-refractivity contribution in [3.05, 3.63) is 129 Å². The molecular weight excluding hydrogens is 578 g/mol. The van der Waals surface area contributed by atoms with Crippen LogP contribution in [-0.2, 0) is 0 Å². The summed E-state index contributed by atoms with van der Waals surface area (Å²) in [6.45, 7) is 0. The van der Waals surface area contributed by atoms with Gasteiger partial charge in [0.05, 0.1) is 27.4 Å². The summed E-state index contributed by atoms with van der Waals surface area (Å²) in [5.74, 6) is 0.712. The lowest BCUT2D eigenvalue weighted by molar-refractivity contribution is 0.0987. The highest BCUT2D eigenvalue weighted by molar-refractivity contribution is 9.10. The molecule has 39 heavy (non-hydrogen) atoms. The Labute approximate surface area is 234 Å². The number of rotatable bonds is 6. The van der Waals surface area contributed by atoms with Crippen molar-refractivity contribution in [2.45, 2.75) is 0 Å². The molecule has 0 N–H and O–H groups in total. The summed E-state index contributed by atoms with van der Waals surface area (Å²) in [6.07, 6.45) is 2.66. The van der Waals surface area contributed by atoms with Crippen LogP contribution in [0.15, 0.2) is 122 Å². The molecule has 0 atom stereocenters. The molecule has 2 heterocycles. The predicted octanol–water partition coefficient (Wildman–Crippen LogP) is 7.64. The zero-order chi connectivity index (χ0) is 26.8. The highest BCUT2D eigenvalue weighted by Gasteiger charge is 2.22. The molecule has 0 aliphatic carbocycles. The molecule has 0 aliphatic heterocycles. The van der Waals surface area contributed by atoms with Gasteiger partial charge in [0.2, 0.25) is 10.6 Å². The zero-order valence-electron chi connectivity index (χ0n) is 20.2. The number of fused-ring (bicyclic) bond motifs is 2. The number of nitrogens with zero attached hydrogens (tertiary/aromatic N) is 3. The van der Waals surface area contributed by atoms with E-state index in [1.807, 2.05) is 48.5 Å². The number of carbonyl (C=O) groups is 1. The fourth-order valence-electron chi connectivity index (χ4n) is 3.91. The van der Waals surface area contributed by atoms with E-state index in [9.17, 15) is 9.59 Å². The zero-order valence-corrected chi connectivity index (χ0v) is 22.6. The Morgan fingerprint density at radius 2 is 1.74 bits per heavy atom. The number of hydrogen-bond acceptors (Lipinski definition) is 7. The van der Waals surface area contributed by atoms with Crippen LogP contribution in [-0.4, -0.2) is 17.1 Å². The lowest BCUT2D eigenvalue weighted by Crippen LogP contribution is -2.26. The number of hydrogen-bond donors (Lipinski definition) is 0. The average molecular weight is 596 g/mol. The molecule has 1 amide bonds. The van der Waals surface area contributed by atoms with Crippen LogP contribution < -0.4 is 15.2 Å². The molecule has 190 valence electrons. The standard InChI is InChI=1S/C30H18BrN3O4S/c31-21-13-14-25-27(16-21)39-30(33-25)34(32-17-20-18-37-26-12-5-4-11-24(26)28(20)35)29(36)19-7-6-10-23(15-19)38-22-8-2-1-3-9-22/h1-18H/b32-17+. The summed E-state index contributed by atoms with van der Waals surface area (Å²) in [5.41, 5.74) is 1.49. The molecule has 0 fully saturated rings. The minimum Gasteiger partial charge on any atom is -0.463 e. The lowest BCUT2D eigenvalue weighted by atomic mass is 10.2. The fourth-order valence-corrected chi connectivity index (χ4v) is 5.38. The molecule has 0 saturated carbocycles. The van der Waals surface area contributed by atoms with Crippen LogP contribution in [0.4, 0.5) is 5.13 Å². The van der Waals surface area contributed by atoms with Gasteiger partial charge >= 0.3 is 0 Å². The van der Waals surface area contributed by atoms with E-state index in [1.165, 1.54) is 28.8 Å². The number of para-hydroxylation sites is 2. The van der Waals surface area contributed by atoms with Gasteiger partial charge in [0.1, 0.15) is 23.3 Å². The largest absolute Gasteiger partial charge is 0.463 e. The lowest BCUT2D eigenvalue weighted by Gasteiger charge is -2.14. The van der Waals surface area contributed by atoms with Crippen LogP contribution in [0.3, 0.4) is 0 Å². The van der Waals surface area contributed by atoms with Crippen LogP contribution in [0, 0.1) is 0 Å². The number of carbonyl (C=O) groups excluding carboxylic acids is 1. The molecular formula is C30H18BrN3O4S. The Balaban J connectivity index is 1.40. The molecule has 4 aromatic carbocycles.